The summed E-state index contributed by atoms with van der Waals surface area (Å²) in [5.74, 6) is 0.575. The molecule has 28 heavy (non-hydrogen) atoms. The molecule has 0 fully saturated rings. The second-order valence-corrected chi connectivity index (χ2v) is 6.95. The molecule has 0 saturated carbocycles. The van der Waals surface area contributed by atoms with E-state index in [9.17, 15) is 4.39 Å². The third-order valence-electron chi connectivity index (χ3n) is 4.77. The molecule has 1 heterocycles. The molecule has 0 bridgehead atoms. The van der Waals surface area contributed by atoms with E-state index in [0.717, 1.165) is 22.7 Å². The maximum absolute atomic E-state index is 14.6. The number of benzene rings is 3. The van der Waals surface area contributed by atoms with Crippen molar-refractivity contribution in [1.82, 2.24) is 0 Å². The van der Waals surface area contributed by atoms with Crippen LogP contribution in [0.2, 0.25) is 5.02 Å². The average Bonchev–Trinajstić information content (AvgIpc) is 3.14. The molecular weight excluding hydrogens is 375 g/mol. The van der Waals surface area contributed by atoms with Crippen molar-refractivity contribution >= 4 is 23.0 Å². The Morgan fingerprint density at radius 2 is 1.75 bits per heavy atom. The number of halogens is 2. The average molecular weight is 395 g/mol. The molecule has 3 aromatic rings. The number of hydrogen-bond acceptors (Lipinski definition) is 3. The molecule has 0 amide bonds. The van der Waals surface area contributed by atoms with Crippen LogP contribution in [0.25, 0.3) is 0 Å². The van der Waals surface area contributed by atoms with Gasteiger partial charge in [0.2, 0.25) is 0 Å². The van der Waals surface area contributed by atoms with Crippen LogP contribution in [0.3, 0.4) is 0 Å². The molecule has 0 aromatic heterocycles. The van der Waals surface area contributed by atoms with Crippen LogP contribution in [0.15, 0.2) is 77.9 Å². The van der Waals surface area contributed by atoms with E-state index >= 15 is 0 Å². The van der Waals surface area contributed by atoms with Gasteiger partial charge in [0, 0.05) is 12.0 Å². The lowest BCUT2D eigenvalue weighted by molar-refractivity contribution is 0.340. The SMILES string of the molecule is CCOc1ccc(C2=NN(c3ccccc3Cl)[C@@H](c3ccccc3F)C2)cc1. The summed E-state index contributed by atoms with van der Waals surface area (Å²) in [6.45, 7) is 2.57. The first kappa shape index (κ1) is 18.5. The fraction of sp³-hybridized carbons (Fsp3) is 0.174. The van der Waals surface area contributed by atoms with Gasteiger partial charge in [0.15, 0.2) is 0 Å². The molecule has 0 saturated heterocycles. The van der Waals surface area contributed by atoms with Gasteiger partial charge in [-0.05, 0) is 55.0 Å². The van der Waals surface area contributed by atoms with Crippen molar-refractivity contribution in [1.29, 1.82) is 0 Å². The summed E-state index contributed by atoms with van der Waals surface area (Å²) in [5, 5.41) is 7.23. The summed E-state index contributed by atoms with van der Waals surface area (Å²) in [4.78, 5) is 0. The van der Waals surface area contributed by atoms with E-state index in [4.69, 9.17) is 21.4 Å². The second kappa shape index (κ2) is 8.03. The van der Waals surface area contributed by atoms with Crippen molar-refractivity contribution in [2.45, 2.75) is 19.4 Å². The number of anilines is 1. The number of rotatable bonds is 5. The monoisotopic (exact) mass is 394 g/mol. The highest BCUT2D eigenvalue weighted by Crippen LogP contribution is 2.40. The van der Waals surface area contributed by atoms with Crippen molar-refractivity contribution in [2.75, 3.05) is 11.6 Å². The Labute approximate surface area is 169 Å². The summed E-state index contributed by atoms with van der Waals surface area (Å²) in [7, 11) is 0. The van der Waals surface area contributed by atoms with Gasteiger partial charge in [0.05, 0.1) is 29.1 Å². The zero-order valence-electron chi connectivity index (χ0n) is 15.5. The van der Waals surface area contributed by atoms with E-state index in [1.165, 1.54) is 6.07 Å². The number of ether oxygens (including phenoxy) is 1. The molecule has 1 aliphatic rings. The van der Waals surface area contributed by atoms with E-state index in [2.05, 4.69) is 0 Å². The number of nitrogens with zero attached hydrogens (tertiary/aromatic N) is 2. The zero-order chi connectivity index (χ0) is 19.5. The smallest absolute Gasteiger partial charge is 0.128 e. The highest BCUT2D eigenvalue weighted by Gasteiger charge is 2.32. The molecule has 0 aliphatic carbocycles. The molecular formula is C23H20ClFN2O. The third-order valence-corrected chi connectivity index (χ3v) is 5.09. The van der Waals surface area contributed by atoms with E-state index in [0.29, 0.717) is 23.6 Å². The van der Waals surface area contributed by atoms with Gasteiger partial charge in [0.1, 0.15) is 11.6 Å². The first-order chi connectivity index (χ1) is 13.7. The largest absolute Gasteiger partial charge is 0.494 e. The van der Waals surface area contributed by atoms with Crippen LogP contribution in [0, 0.1) is 5.82 Å². The summed E-state index contributed by atoms with van der Waals surface area (Å²) >= 11 is 6.42. The number of hydrazone groups is 1. The van der Waals surface area contributed by atoms with Crippen LogP contribution in [-0.4, -0.2) is 12.3 Å². The van der Waals surface area contributed by atoms with Gasteiger partial charge in [-0.3, -0.25) is 5.01 Å². The molecule has 0 spiro atoms. The lowest BCUT2D eigenvalue weighted by Gasteiger charge is -2.25. The maximum Gasteiger partial charge on any atom is 0.128 e. The fourth-order valence-electron chi connectivity index (χ4n) is 3.44. The Bertz CT molecular complexity index is 1000. The Morgan fingerprint density at radius 1 is 1.04 bits per heavy atom. The van der Waals surface area contributed by atoms with Gasteiger partial charge >= 0.3 is 0 Å². The Balaban J connectivity index is 1.74. The highest BCUT2D eigenvalue weighted by molar-refractivity contribution is 6.33. The predicted octanol–water partition coefficient (Wildman–Crippen LogP) is 6.23. The quantitative estimate of drug-likeness (QED) is 0.512. The summed E-state index contributed by atoms with van der Waals surface area (Å²) in [6.07, 6.45) is 0.583. The van der Waals surface area contributed by atoms with Crippen LogP contribution in [0.1, 0.15) is 30.5 Å². The molecule has 4 rings (SSSR count). The minimum absolute atomic E-state index is 0.243. The second-order valence-electron chi connectivity index (χ2n) is 6.54. The van der Waals surface area contributed by atoms with Gasteiger partial charge in [-0.1, -0.05) is 41.9 Å². The van der Waals surface area contributed by atoms with Gasteiger partial charge in [-0.2, -0.15) is 5.10 Å². The van der Waals surface area contributed by atoms with Crippen LogP contribution in [0.4, 0.5) is 10.1 Å². The Morgan fingerprint density at radius 3 is 2.46 bits per heavy atom. The summed E-state index contributed by atoms with van der Waals surface area (Å²) in [6, 6.07) is 21.9. The van der Waals surface area contributed by atoms with Crippen molar-refractivity contribution in [3.63, 3.8) is 0 Å². The minimum Gasteiger partial charge on any atom is -0.494 e. The maximum atomic E-state index is 14.6. The van der Waals surface area contributed by atoms with Crippen LogP contribution in [-0.2, 0) is 0 Å². The molecule has 3 aromatic carbocycles. The molecule has 0 N–H and O–H groups in total. The predicted molar refractivity (Wildman–Crippen MR) is 112 cm³/mol. The zero-order valence-corrected chi connectivity index (χ0v) is 16.2. The van der Waals surface area contributed by atoms with Crippen LogP contribution >= 0.6 is 11.6 Å². The molecule has 142 valence electrons. The number of hydrogen-bond donors (Lipinski definition) is 0. The van der Waals surface area contributed by atoms with Crippen molar-refractivity contribution in [3.05, 3.63) is 94.8 Å². The van der Waals surface area contributed by atoms with E-state index in [1.807, 2.05) is 66.5 Å². The minimum atomic E-state index is -0.261. The van der Waals surface area contributed by atoms with Crippen molar-refractivity contribution in [3.8, 4) is 5.75 Å². The molecule has 1 atom stereocenters. The third kappa shape index (κ3) is 3.60. The lowest BCUT2D eigenvalue weighted by atomic mass is 9.97. The van der Waals surface area contributed by atoms with Crippen molar-refractivity contribution < 1.29 is 9.13 Å². The Kier molecular flexibility index (Phi) is 5.31. The lowest BCUT2D eigenvalue weighted by Crippen LogP contribution is -2.19. The first-order valence-corrected chi connectivity index (χ1v) is 9.64. The molecule has 3 nitrogen and oxygen atoms in total. The standard InChI is InChI=1S/C23H20ClFN2O/c1-2-28-17-13-11-16(12-14-17)21-15-23(18-7-3-5-9-20(18)25)27(26-21)22-10-6-4-8-19(22)24/h3-14,23H,2,15H2,1H3/t23-/m1/s1. The number of para-hydroxylation sites is 1. The molecule has 0 unspecified atom stereocenters. The molecule has 5 heteroatoms. The molecule has 0 radical (unpaired) electrons. The normalized spacial score (nSPS) is 16.2. The summed E-state index contributed by atoms with van der Waals surface area (Å²) in [5.41, 5.74) is 3.24. The van der Waals surface area contributed by atoms with Gasteiger partial charge in [-0.25, -0.2) is 4.39 Å². The fourth-order valence-corrected chi connectivity index (χ4v) is 3.66. The van der Waals surface area contributed by atoms with E-state index in [-0.39, 0.29) is 11.9 Å². The van der Waals surface area contributed by atoms with Crippen LogP contribution < -0.4 is 9.75 Å². The van der Waals surface area contributed by atoms with Gasteiger partial charge in [0.25, 0.3) is 0 Å². The summed E-state index contributed by atoms with van der Waals surface area (Å²) < 4.78 is 20.1. The Hall–Kier alpha value is -2.85. The van der Waals surface area contributed by atoms with Crippen molar-refractivity contribution in [2.24, 2.45) is 5.10 Å². The highest BCUT2D eigenvalue weighted by atomic mass is 35.5. The van der Waals surface area contributed by atoms with Gasteiger partial charge in [-0.15, -0.1) is 0 Å². The van der Waals surface area contributed by atoms with Gasteiger partial charge < -0.3 is 4.74 Å². The van der Waals surface area contributed by atoms with Crippen LogP contribution in [0.5, 0.6) is 5.75 Å². The van der Waals surface area contributed by atoms with E-state index in [1.54, 1.807) is 12.1 Å². The van der Waals surface area contributed by atoms with E-state index < -0.39 is 0 Å². The first-order valence-electron chi connectivity index (χ1n) is 9.26. The topological polar surface area (TPSA) is 24.8 Å². The molecule has 1 aliphatic heterocycles.